The van der Waals surface area contributed by atoms with Crippen LogP contribution in [0.5, 0.6) is 5.75 Å². The summed E-state index contributed by atoms with van der Waals surface area (Å²) in [5.74, 6) is 0.738. The lowest BCUT2D eigenvalue weighted by Gasteiger charge is -2.22. The molecule has 0 spiro atoms. The molecule has 1 atom stereocenters. The molecule has 17 heavy (non-hydrogen) atoms. The molecule has 0 aliphatic rings. The zero-order valence-electron chi connectivity index (χ0n) is 10.1. The maximum absolute atomic E-state index is 9.14. The smallest absolute Gasteiger partial charge is 0.155 e. The maximum Gasteiger partial charge on any atom is 0.155 e. The Morgan fingerprint density at radius 1 is 1.41 bits per heavy atom. The molecule has 0 saturated carbocycles. The summed E-state index contributed by atoms with van der Waals surface area (Å²) in [7, 11) is 1.59. The fourth-order valence-electron chi connectivity index (χ4n) is 1.61. The predicted molar refractivity (Wildman–Crippen MR) is 63.8 cm³/mol. The number of nitrogens with zero attached hydrogens (tertiary/aromatic N) is 1. The SMILES string of the molecule is COc1ccccc1CC(C)(C#N)OCCO. The molecular formula is C13H17NO3. The minimum absolute atomic E-state index is 0.0941. The van der Waals surface area contributed by atoms with E-state index in [-0.39, 0.29) is 13.2 Å². The zero-order valence-corrected chi connectivity index (χ0v) is 10.1. The third-order valence-electron chi connectivity index (χ3n) is 2.47. The van der Waals surface area contributed by atoms with Crippen LogP contribution >= 0.6 is 0 Å². The molecule has 4 nitrogen and oxygen atoms in total. The number of nitriles is 1. The summed E-state index contributed by atoms with van der Waals surface area (Å²) < 4.78 is 10.6. The highest BCUT2D eigenvalue weighted by atomic mass is 16.5. The molecule has 0 heterocycles. The second kappa shape index (κ2) is 6.24. The quantitative estimate of drug-likeness (QED) is 0.812. The highest BCUT2D eigenvalue weighted by molar-refractivity contribution is 5.35. The number of methoxy groups -OCH3 is 1. The van der Waals surface area contributed by atoms with Crippen molar-refractivity contribution < 1.29 is 14.6 Å². The lowest BCUT2D eigenvalue weighted by Crippen LogP contribution is -2.31. The Balaban J connectivity index is 2.83. The highest BCUT2D eigenvalue weighted by Gasteiger charge is 2.26. The molecule has 92 valence electrons. The molecule has 0 saturated heterocycles. The molecule has 0 aromatic heterocycles. The molecule has 0 aliphatic heterocycles. The van der Waals surface area contributed by atoms with Crippen LogP contribution in [0.4, 0.5) is 0 Å². The number of hydrogen-bond acceptors (Lipinski definition) is 4. The van der Waals surface area contributed by atoms with Gasteiger partial charge in [0, 0.05) is 6.42 Å². The van der Waals surface area contributed by atoms with E-state index in [0.29, 0.717) is 6.42 Å². The standard InChI is InChI=1S/C13H17NO3/c1-13(10-14,17-8-7-15)9-11-5-3-4-6-12(11)16-2/h3-6,15H,7-9H2,1-2H3. The van der Waals surface area contributed by atoms with Crippen molar-refractivity contribution in [2.24, 2.45) is 0 Å². The van der Waals surface area contributed by atoms with Crippen LogP contribution in [-0.2, 0) is 11.2 Å². The van der Waals surface area contributed by atoms with Crippen LogP contribution in [-0.4, -0.2) is 31.0 Å². The van der Waals surface area contributed by atoms with Gasteiger partial charge >= 0.3 is 0 Å². The number of hydrogen-bond donors (Lipinski definition) is 1. The first-order valence-corrected chi connectivity index (χ1v) is 5.43. The Kier molecular flexibility index (Phi) is 4.95. The first-order valence-electron chi connectivity index (χ1n) is 5.43. The summed E-state index contributed by atoms with van der Waals surface area (Å²) in [6, 6.07) is 9.64. The molecule has 0 amide bonds. The molecule has 0 fully saturated rings. The summed E-state index contributed by atoms with van der Waals surface area (Å²) >= 11 is 0. The molecule has 1 N–H and O–H groups in total. The van der Waals surface area contributed by atoms with Crippen molar-refractivity contribution in [2.75, 3.05) is 20.3 Å². The summed E-state index contributed by atoms with van der Waals surface area (Å²) in [4.78, 5) is 0. The third kappa shape index (κ3) is 3.74. The van der Waals surface area contributed by atoms with E-state index in [4.69, 9.17) is 19.8 Å². The summed E-state index contributed by atoms with van der Waals surface area (Å²) in [6.07, 6.45) is 0.424. The normalized spacial score (nSPS) is 13.8. The first kappa shape index (κ1) is 13.5. The van der Waals surface area contributed by atoms with Crippen LogP contribution in [0, 0.1) is 11.3 Å². The second-order valence-corrected chi connectivity index (χ2v) is 3.90. The molecule has 0 radical (unpaired) electrons. The van der Waals surface area contributed by atoms with Crippen molar-refractivity contribution >= 4 is 0 Å². The van der Waals surface area contributed by atoms with Gasteiger partial charge in [0.15, 0.2) is 5.60 Å². The summed E-state index contributed by atoms with van der Waals surface area (Å²) in [5, 5.41) is 17.9. The van der Waals surface area contributed by atoms with Crippen molar-refractivity contribution in [3.05, 3.63) is 29.8 Å². The predicted octanol–water partition coefficient (Wildman–Crippen LogP) is 1.53. The topological polar surface area (TPSA) is 62.5 Å². The van der Waals surface area contributed by atoms with Crippen LogP contribution in [0.1, 0.15) is 12.5 Å². The van der Waals surface area contributed by atoms with E-state index in [1.54, 1.807) is 14.0 Å². The average molecular weight is 235 g/mol. The molecular weight excluding hydrogens is 218 g/mol. The van der Waals surface area contributed by atoms with Crippen LogP contribution in [0.15, 0.2) is 24.3 Å². The summed E-state index contributed by atoms with van der Waals surface area (Å²) in [5.41, 5.74) is -0.0332. The average Bonchev–Trinajstić information content (AvgIpc) is 2.37. The van der Waals surface area contributed by atoms with Gasteiger partial charge in [0.1, 0.15) is 5.75 Å². The van der Waals surface area contributed by atoms with Crippen molar-refractivity contribution in [2.45, 2.75) is 18.9 Å². The molecule has 1 unspecified atom stereocenters. The number of aliphatic hydroxyl groups is 1. The maximum atomic E-state index is 9.14. The molecule has 1 rings (SSSR count). The molecule has 4 heteroatoms. The fraction of sp³-hybridized carbons (Fsp3) is 0.462. The lowest BCUT2D eigenvalue weighted by molar-refractivity contribution is -0.00725. The number of benzene rings is 1. The summed E-state index contributed by atoms with van der Waals surface area (Å²) in [6.45, 7) is 1.76. The second-order valence-electron chi connectivity index (χ2n) is 3.90. The molecule has 0 aliphatic carbocycles. The minimum atomic E-state index is -0.947. The van der Waals surface area contributed by atoms with Crippen LogP contribution < -0.4 is 4.74 Å². The largest absolute Gasteiger partial charge is 0.496 e. The van der Waals surface area contributed by atoms with Crippen molar-refractivity contribution in [3.63, 3.8) is 0 Å². The van der Waals surface area contributed by atoms with E-state index < -0.39 is 5.60 Å². The van der Waals surface area contributed by atoms with Crippen molar-refractivity contribution in [3.8, 4) is 11.8 Å². The van der Waals surface area contributed by atoms with E-state index in [1.165, 1.54) is 0 Å². The molecule has 0 bridgehead atoms. The minimum Gasteiger partial charge on any atom is -0.496 e. The van der Waals surface area contributed by atoms with E-state index in [2.05, 4.69) is 6.07 Å². The van der Waals surface area contributed by atoms with E-state index in [9.17, 15) is 0 Å². The Morgan fingerprint density at radius 3 is 2.71 bits per heavy atom. The van der Waals surface area contributed by atoms with Gasteiger partial charge in [-0.25, -0.2) is 0 Å². The Labute approximate surface area is 101 Å². The monoisotopic (exact) mass is 235 g/mol. The zero-order chi connectivity index (χ0) is 12.7. The third-order valence-corrected chi connectivity index (χ3v) is 2.47. The van der Waals surface area contributed by atoms with Gasteiger partial charge in [-0.1, -0.05) is 18.2 Å². The fourth-order valence-corrected chi connectivity index (χ4v) is 1.61. The van der Waals surface area contributed by atoms with E-state index in [0.717, 1.165) is 11.3 Å². The van der Waals surface area contributed by atoms with Gasteiger partial charge in [-0.3, -0.25) is 0 Å². The van der Waals surface area contributed by atoms with E-state index >= 15 is 0 Å². The van der Waals surface area contributed by atoms with Gasteiger partial charge in [0.25, 0.3) is 0 Å². The number of aliphatic hydroxyl groups excluding tert-OH is 1. The van der Waals surface area contributed by atoms with Gasteiger partial charge in [0.2, 0.25) is 0 Å². The van der Waals surface area contributed by atoms with Gasteiger partial charge in [-0.15, -0.1) is 0 Å². The van der Waals surface area contributed by atoms with Crippen molar-refractivity contribution in [1.82, 2.24) is 0 Å². The van der Waals surface area contributed by atoms with Crippen LogP contribution in [0.25, 0.3) is 0 Å². The first-order chi connectivity index (χ1) is 8.15. The highest BCUT2D eigenvalue weighted by Crippen LogP contribution is 2.24. The van der Waals surface area contributed by atoms with Gasteiger partial charge < -0.3 is 14.6 Å². The van der Waals surface area contributed by atoms with Gasteiger partial charge in [0.05, 0.1) is 26.4 Å². The number of ether oxygens (including phenoxy) is 2. The Morgan fingerprint density at radius 2 is 2.12 bits per heavy atom. The van der Waals surface area contributed by atoms with E-state index in [1.807, 2.05) is 24.3 Å². The van der Waals surface area contributed by atoms with Gasteiger partial charge in [-0.2, -0.15) is 5.26 Å². The number of rotatable bonds is 6. The lowest BCUT2D eigenvalue weighted by atomic mass is 9.97. The molecule has 1 aromatic carbocycles. The Hall–Kier alpha value is -1.57. The Bertz CT molecular complexity index is 400. The van der Waals surface area contributed by atoms with Crippen molar-refractivity contribution in [1.29, 1.82) is 5.26 Å². The van der Waals surface area contributed by atoms with Crippen LogP contribution in [0.2, 0.25) is 0 Å². The number of para-hydroxylation sites is 1. The van der Waals surface area contributed by atoms with Crippen LogP contribution in [0.3, 0.4) is 0 Å². The molecule has 1 aromatic rings. The van der Waals surface area contributed by atoms with Gasteiger partial charge in [-0.05, 0) is 18.6 Å².